The summed E-state index contributed by atoms with van der Waals surface area (Å²) in [6, 6.07) is 11.0. The monoisotopic (exact) mass is 302 g/mol. The van der Waals surface area contributed by atoms with Gasteiger partial charge in [-0.2, -0.15) is 0 Å². The molecule has 0 saturated heterocycles. The minimum atomic E-state index is -0.867. The SMILES string of the molecule is Cc1cc(S[C@H](C(=O)O)c2ccccc2)nc(C(C)C)n1. The van der Waals surface area contributed by atoms with Crippen LogP contribution in [0.1, 0.15) is 42.1 Å². The molecule has 2 rings (SSSR count). The van der Waals surface area contributed by atoms with E-state index in [1.165, 1.54) is 11.8 Å². The van der Waals surface area contributed by atoms with E-state index in [0.717, 1.165) is 17.1 Å². The Labute approximate surface area is 128 Å². The lowest BCUT2D eigenvalue weighted by Gasteiger charge is -2.13. The van der Waals surface area contributed by atoms with Crippen molar-refractivity contribution in [3.8, 4) is 0 Å². The van der Waals surface area contributed by atoms with E-state index in [4.69, 9.17) is 0 Å². The lowest BCUT2D eigenvalue weighted by molar-refractivity contribution is -0.136. The van der Waals surface area contributed by atoms with Crippen molar-refractivity contribution in [3.63, 3.8) is 0 Å². The number of carboxylic acid groups (broad SMARTS) is 1. The average Bonchev–Trinajstić information content (AvgIpc) is 2.44. The number of carbonyl (C=O) groups is 1. The first kappa shape index (κ1) is 15.5. The van der Waals surface area contributed by atoms with Gasteiger partial charge in [0.2, 0.25) is 0 Å². The van der Waals surface area contributed by atoms with Gasteiger partial charge in [0.1, 0.15) is 16.1 Å². The van der Waals surface area contributed by atoms with Crippen LogP contribution in [0.4, 0.5) is 0 Å². The number of benzene rings is 1. The molecular weight excluding hydrogens is 284 g/mol. The van der Waals surface area contributed by atoms with Crippen LogP contribution in [0, 0.1) is 6.92 Å². The van der Waals surface area contributed by atoms with Gasteiger partial charge >= 0.3 is 5.97 Å². The maximum atomic E-state index is 11.5. The van der Waals surface area contributed by atoms with Crippen LogP contribution in [0.15, 0.2) is 41.4 Å². The maximum absolute atomic E-state index is 11.5. The topological polar surface area (TPSA) is 63.1 Å². The normalized spacial score (nSPS) is 12.4. The number of rotatable bonds is 5. The highest BCUT2D eigenvalue weighted by molar-refractivity contribution is 8.00. The predicted molar refractivity (Wildman–Crippen MR) is 83.5 cm³/mol. The van der Waals surface area contributed by atoms with Crippen molar-refractivity contribution in [1.29, 1.82) is 0 Å². The molecule has 4 nitrogen and oxygen atoms in total. The van der Waals surface area contributed by atoms with Crippen LogP contribution >= 0.6 is 11.8 Å². The van der Waals surface area contributed by atoms with E-state index >= 15 is 0 Å². The number of nitrogens with zero attached hydrogens (tertiary/aromatic N) is 2. The summed E-state index contributed by atoms with van der Waals surface area (Å²) >= 11 is 1.24. The molecule has 0 saturated carbocycles. The number of hydrogen-bond donors (Lipinski definition) is 1. The zero-order valence-electron chi connectivity index (χ0n) is 12.3. The molecule has 1 aromatic heterocycles. The molecule has 0 aliphatic rings. The Morgan fingerprint density at radius 1 is 1.19 bits per heavy atom. The highest BCUT2D eigenvalue weighted by Gasteiger charge is 2.22. The average molecular weight is 302 g/mol. The van der Waals surface area contributed by atoms with E-state index in [2.05, 4.69) is 9.97 Å². The van der Waals surface area contributed by atoms with Crippen molar-refractivity contribution in [2.45, 2.75) is 37.0 Å². The number of carboxylic acids is 1. The fraction of sp³-hybridized carbons (Fsp3) is 0.312. The molecule has 0 aliphatic carbocycles. The first-order chi connectivity index (χ1) is 9.97. The summed E-state index contributed by atoms with van der Waals surface area (Å²) in [4.78, 5) is 20.4. The molecule has 0 fully saturated rings. The third-order valence-corrected chi connectivity index (χ3v) is 4.09. The van der Waals surface area contributed by atoms with E-state index in [9.17, 15) is 9.90 Å². The molecule has 5 heteroatoms. The fourth-order valence-corrected chi connectivity index (χ4v) is 2.91. The molecule has 0 unspecified atom stereocenters. The molecule has 0 radical (unpaired) electrons. The van der Waals surface area contributed by atoms with Crippen molar-refractivity contribution in [1.82, 2.24) is 9.97 Å². The molecule has 0 aliphatic heterocycles. The summed E-state index contributed by atoms with van der Waals surface area (Å²) in [5.74, 6) is 0.0903. The number of aliphatic carboxylic acids is 1. The quantitative estimate of drug-likeness (QED) is 0.672. The number of aromatic nitrogens is 2. The minimum Gasteiger partial charge on any atom is -0.480 e. The van der Waals surface area contributed by atoms with E-state index in [-0.39, 0.29) is 5.92 Å². The van der Waals surface area contributed by atoms with Gasteiger partial charge < -0.3 is 5.11 Å². The van der Waals surface area contributed by atoms with E-state index in [0.29, 0.717) is 5.03 Å². The van der Waals surface area contributed by atoms with Gasteiger partial charge in [0.15, 0.2) is 0 Å². The van der Waals surface area contributed by atoms with Crippen molar-refractivity contribution in [3.05, 3.63) is 53.5 Å². The van der Waals surface area contributed by atoms with E-state index in [1.54, 1.807) is 0 Å². The molecule has 0 amide bonds. The largest absolute Gasteiger partial charge is 0.480 e. The van der Waals surface area contributed by atoms with Gasteiger partial charge in [-0.05, 0) is 18.6 Å². The lowest BCUT2D eigenvalue weighted by atomic mass is 10.1. The Hall–Kier alpha value is -1.88. The zero-order valence-corrected chi connectivity index (χ0v) is 13.1. The number of thioether (sulfide) groups is 1. The highest BCUT2D eigenvalue weighted by atomic mass is 32.2. The van der Waals surface area contributed by atoms with Crippen LogP contribution in [-0.4, -0.2) is 21.0 Å². The predicted octanol–water partition coefficient (Wildman–Crippen LogP) is 3.83. The Morgan fingerprint density at radius 3 is 2.43 bits per heavy atom. The number of aryl methyl sites for hydroxylation is 1. The maximum Gasteiger partial charge on any atom is 0.321 e. The van der Waals surface area contributed by atoms with Crippen molar-refractivity contribution in [2.75, 3.05) is 0 Å². The Kier molecular flexibility index (Phi) is 4.96. The summed E-state index contributed by atoms with van der Waals surface area (Å²) in [5, 5.41) is 9.50. The molecule has 2 aromatic rings. The van der Waals surface area contributed by atoms with Gasteiger partial charge in [-0.3, -0.25) is 4.79 Å². The summed E-state index contributed by atoms with van der Waals surface area (Å²) in [7, 11) is 0. The van der Waals surface area contributed by atoms with Gasteiger partial charge in [-0.15, -0.1) is 0 Å². The van der Waals surface area contributed by atoms with Crippen molar-refractivity contribution in [2.24, 2.45) is 0 Å². The second-order valence-corrected chi connectivity index (χ2v) is 6.23. The summed E-state index contributed by atoms with van der Waals surface area (Å²) in [5.41, 5.74) is 1.62. The van der Waals surface area contributed by atoms with Crippen LogP contribution in [-0.2, 0) is 4.79 Å². The van der Waals surface area contributed by atoms with Crippen molar-refractivity contribution >= 4 is 17.7 Å². The van der Waals surface area contributed by atoms with Crippen LogP contribution in [0.2, 0.25) is 0 Å². The van der Waals surface area contributed by atoms with E-state index < -0.39 is 11.2 Å². The molecule has 1 aromatic carbocycles. The van der Waals surface area contributed by atoms with Crippen LogP contribution < -0.4 is 0 Å². The molecular formula is C16H18N2O2S. The van der Waals surface area contributed by atoms with Crippen molar-refractivity contribution < 1.29 is 9.90 Å². The highest BCUT2D eigenvalue weighted by Crippen LogP contribution is 2.35. The second-order valence-electron chi connectivity index (χ2n) is 5.11. The Bertz CT molecular complexity index is 629. The van der Waals surface area contributed by atoms with Gasteiger partial charge in [0.25, 0.3) is 0 Å². The zero-order chi connectivity index (χ0) is 15.4. The van der Waals surface area contributed by atoms with Crippen LogP contribution in [0.3, 0.4) is 0 Å². The van der Waals surface area contributed by atoms with Gasteiger partial charge in [-0.25, -0.2) is 9.97 Å². The fourth-order valence-electron chi connectivity index (χ4n) is 1.89. The van der Waals surface area contributed by atoms with Crippen LogP contribution in [0.25, 0.3) is 0 Å². The van der Waals surface area contributed by atoms with Crippen LogP contribution in [0.5, 0.6) is 0 Å². The summed E-state index contributed by atoms with van der Waals surface area (Å²) < 4.78 is 0. The molecule has 21 heavy (non-hydrogen) atoms. The molecule has 0 bridgehead atoms. The second kappa shape index (κ2) is 6.72. The smallest absolute Gasteiger partial charge is 0.321 e. The molecule has 1 N–H and O–H groups in total. The third-order valence-electron chi connectivity index (χ3n) is 2.93. The Balaban J connectivity index is 2.32. The minimum absolute atomic E-state index is 0.212. The van der Waals surface area contributed by atoms with E-state index in [1.807, 2.05) is 57.2 Å². The van der Waals surface area contributed by atoms with Gasteiger partial charge in [0, 0.05) is 11.6 Å². The molecule has 110 valence electrons. The Morgan fingerprint density at radius 2 is 1.86 bits per heavy atom. The summed E-state index contributed by atoms with van der Waals surface area (Å²) in [6.07, 6.45) is 0. The third kappa shape index (κ3) is 4.04. The van der Waals surface area contributed by atoms with Gasteiger partial charge in [0.05, 0.1) is 0 Å². The lowest BCUT2D eigenvalue weighted by Crippen LogP contribution is -2.09. The summed E-state index contributed by atoms with van der Waals surface area (Å²) in [6.45, 7) is 5.94. The first-order valence-corrected chi connectivity index (χ1v) is 7.65. The number of hydrogen-bond acceptors (Lipinski definition) is 4. The standard InChI is InChI=1S/C16H18N2O2S/c1-10(2)15-17-11(3)9-13(18-15)21-14(16(19)20)12-7-5-4-6-8-12/h4-10,14H,1-3H3,(H,19,20)/t14-/m0/s1. The first-order valence-electron chi connectivity index (χ1n) is 6.77. The molecule has 1 heterocycles. The molecule has 0 spiro atoms. The van der Waals surface area contributed by atoms with Gasteiger partial charge in [-0.1, -0.05) is 55.9 Å². The molecule has 1 atom stereocenters.